The van der Waals surface area contributed by atoms with Gasteiger partial charge in [0.25, 0.3) is 5.91 Å². The lowest BCUT2D eigenvalue weighted by Crippen LogP contribution is -2.32. The molecule has 1 amide bonds. The largest absolute Gasteiger partial charge is 0.480 e. The Labute approximate surface area is 106 Å². The third kappa shape index (κ3) is 3.32. The molecule has 0 aromatic carbocycles. The fraction of sp³-hybridized carbons (Fsp3) is 0.583. The van der Waals surface area contributed by atoms with E-state index in [2.05, 4.69) is 12.0 Å². The van der Waals surface area contributed by atoms with E-state index in [4.69, 9.17) is 5.11 Å². The molecule has 6 nitrogen and oxygen atoms in total. The Bertz CT molecular complexity index is 440. The zero-order chi connectivity index (χ0) is 13.7. The van der Waals surface area contributed by atoms with Gasteiger partial charge in [0.1, 0.15) is 6.54 Å². The van der Waals surface area contributed by atoms with Crippen LogP contribution < -0.4 is 0 Å². The summed E-state index contributed by atoms with van der Waals surface area (Å²) in [6.45, 7) is 4.38. The number of carboxylic acids is 1. The van der Waals surface area contributed by atoms with Crippen molar-refractivity contribution in [1.29, 1.82) is 0 Å². The fourth-order valence-electron chi connectivity index (χ4n) is 1.67. The number of carbonyl (C=O) groups excluding carboxylic acids is 1. The van der Waals surface area contributed by atoms with Crippen molar-refractivity contribution >= 4 is 11.9 Å². The van der Waals surface area contributed by atoms with Gasteiger partial charge < -0.3 is 10.0 Å². The summed E-state index contributed by atoms with van der Waals surface area (Å²) in [4.78, 5) is 23.7. The second-order valence-electron chi connectivity index (χ2n) is 4.28. The van der Waals surface area contributed by atoms with Crippen LogP contribution in [0, 0.1) is 6.92 Å². The Hall–Kier alpha value is -1.85. The van der Waals surface area contributed by atoms with Crippen LogP contribution in [-0.2, 0) is 11.3 Å². The second kappa shape index (κ2) is 6.18. The van der Waals surface area contributed by atoms with Crippen LogP contribution >= 0.6 is 0 Å². The van der Waals surface area contributed by atoms with Gasteiger partial charge in [-0.15, -0.1) is 0 Å². The molecule has 0 saturated heterocycles. The highest BCUT2D eigenvalue weighted by atomic mass is 16.4. The van der Waals surface area contributed by atoms with Gasteiger partial charge in [-0.3, -0.25) is 14.3 Å². The van der Waals surface area contributed by atoms with E-state index >= 15 is 0 Å². The molecule has 1 rings (SSSR count). The summed E-state index contributed by atoms with van der Waals surface area (Å²) in [5, 5.41) is 12.8. The summed E-state index contributed by atoms with van der Waals surface area (Å²) < 4.78 is 1.78. The highest BCUT2D eigenvalue weighted by molar-refractivity contribution is 5.96. The number of aliphatic carboxylic acids is 1. The molecule has 1 aromatic rings. The van der Waals surface area contributed by atoms with Crippen molar-refractivity contribution < 1.29 is 14.7 Å². The molecule has 0 aliphatic heterocycles. The van der Waals surface area contributed by atoms with Gasteiger partial charge >= 0.3 is 5.97 Å². The molecule has 0 atom stereocenters. The average Bonchev–Trinajstić information content (AvgIpc) is 2.66. The van der Waals surface area contributed by atoms with E-state index < -0.39 is 5.97 Å². The zero-order valence-corrected chi connectivity index (χ0v) is 11.0. The molecule has 0 aliphatic carbocycles. The summed E-state index contributed by atoms with van der Waals surface area (Å²) in [6.07, 6.45) is 3.56. The topological polar surface area (TPSA) is 75.4 Å². The number of nitrogens with zero attached hydrogens (tertiary/aromatic N) is 3. The van der Waals surface area contributed by atoms with Crippen molar-refractivity contribution in [2.24, 2.45) is 0 Å². The van der Waals surface area contributed by atoms with Gasteiger partial charge in [0.05, 0.1) is 11.8 Å². The quantitative estimate of drug-likeness (QED) is 0.825. The molecule has 0 fully saturated rings. The van der Waals surface area contributed by atoms with Gasteiger partial charge in [-0.1, -0.05) is 13.3 Å². The smallest absolute Gasteiger partial charge is 0.323 e. The number of carbonyl (C=O) groups is 2. The van der Waals surface area contributed by atoms with E-state index in [0.29, 0.717) is 5.56 Å². The van der Waals surface area contributed by atoms with Crippen LogP contribution in [0.4, 0.5) is 0 Å². The molecule has 1 N–H and O–H groups in total. The van der Waals surface area contributed by atoms with E-state index in [1.165, 1.54) is 18.1 Å². The molecule has 1 aromatic heterocycles. The number of carboxylic acid groups (broad SMARTS) is 1. The molecular formula is C12H19N3O3. The third-order valence-electron chi connectivity index (χ3n) is 2.78. The van der Waals surface area contributed by atoms with Crippen molar-refractivity contribution in [3.05, 3.63) is 17.5 Å². The molecule has 0 unspecified atom stereocenters. The Morgan fingerprint density at radius 3 is 2.72 bits per heavy atom. The van der Waals surface area contributed by atoms with Crippen LogP contribution in [0.25, 0.3) is 0 Å². The zero-order valence-electron chi connectivity index (χ0n) is 11.0. The normalized spacial score (nSPS) is 10.4. The van der Waals surface area contributed by atoms with Gasteiger partial charge in [-0.2, -0.15) is 5.10 Å². The second-order valence-corrected chi connectivity index (χ2v) is 4.28. The molecule has 0 radical (unpaired) electrons. The number of hydrogen-bond acceptors (Lipinski definition) is 3. The number of rotatable bonds is 6. The minimum absolute atomic E-state index is 0.307. The van der Waals surface area contributed by atoms with Gasteiger partial charge in [0.2, 0.25) is 0 Å². The van der Waals surface area contributed by atoms with Crippen LogP contribution in [0.3, 0.4) is 0 Å². The molecule has 0 spiro atoms. The van der Waals surface area contributed by atoms with Gasteiger partial charge in [0, 0.05) is 19.3 Å². The maximum Gasteiger partial charge on any atom is 0.323 e. The first-order chi connectivity index (χ1) is 8.47. The molecule has 0 aliphatic rings. The van der Waals surface area contributed by atoms with Gasteiger partial charge in [-0.25, -0.2) is 0 Å². The molecule has 0 bridgehead atoms. The van der Waals surface area contributed by atoms with Crippen LogP contribution in [0.1, 0.15) is 35.8 Å². The summed E-state index contributed by atoms with van der Waals surface area (Å²) in [5.41, 5.74) is 1.25. The van der Waals surface area contributed by atoms with Crippen molar-refractivity contribution in [2.75, 3.05) is 13.6 Å². The van der Waals surface area contributed by atoms with Crippen molar-refractivity contribution in [3.8, 4) is 0 Å². The number of hydrogen-bond donors (Lipinski definition) is 1. The van der Waals surface area contributed by atoms with Crippen LogP contribution in [-0.4, -0.2) is 45.3 Å². The Morgan fingerprint density at radius 1 is 1.50 bits per heavy atom. The van der Waals surface area contributed by atoms with Crippen molar-refractivity contribution in [1.82, 2.24) is 14.7 Å². The molecule has 6 heteroatoms. The van der Waals surface area contributed by atoms with Crippen LogP contribution in [0.2, 0.25) is 0 Å². The van der Waals surface area contributed by atoms with Crippen molar-refractivity contribution in [3.63, 3.8) is 0 Å². The summed E-state index contributed by atoms with van der Waals surface area (Å²) in [6, 6.07) is 0. The molecule has 100 valence electrons. The first-order valence-electron chi connectivity index (χ1n) is 5.97. The maximum absolute atomic E-state index is 12.0. The van der Waals surface area contributed by atoms with E-state index in [0.717, 1.165) is 25.1 Å². The summed E-state index contributed by atoms with van der Waals surface area (Å²) >= 11 is 0. The predicted octanol–water partition coefficient (Wildman–Crippen LogP) is 1.15. The number of amides is 1. The molecule has 1 heterocycles. The summed E-state index contributed by atoms with van der Waals surface area (Å²) in [5.74, 6) is -1.33. The fourth-order valence-corrected chi connectivity index (χ4v) is 1.67. The van der Waals surface area contributed by atoms with Gasteiger partial charge in [-0.05, 0) is 13.3 Å². The average molecular weight is 253 g/mol. The van der Waals surface area contributed by atoms with E-state index in [1.807, 2.05) is 6.92 Å². The molecular weight excluding hydrogens is 234 g/mol. The van der Waals surface area contributed by atoms with Crippen molar-refractivity contribution in [2.45, 2.75) is 33.2 Å². The minimum Gasteiger partial charge on any atom is -0.480 e. The lowest BCUT2D eigenvalue weighted by atomic mass is 10.2. The molecule has 0 saturated carbocycles. The minimum atomic E-state index is -1.03. The lowest BCUT2D eigenvalue weighted by molar-refractivity contribution is -0.137. The lowest BCUT2D eigenvalue weighted by Gasteiger charge is -2.14. The third-order valence-corrected chi connectivity index (χ3v) is 2.78. The Kier molecular flexibility index (Phi) is 4.88. The summed E-state index contributed by atoms with van der Waals surface area (Å²) in [7, 11) is 1.47. The number of unbranched alkanes of at least 4 members (excludes halogenated alkanes) is 1. The predicted molar refractivity (Wildman–Crippen MR) is 66.5 cm³/mol. The maximum atomic E-state index is 12.0. The first-order valence-corrected chi connectivity index (χ1v) is 5.97. The van der Waals surface area contributed by atoms with Crippen LogP contribution in [0.15, 0.2) is 6.20 Å². The van der Waals surface area contributed by atoms with E-state index in [1.54, 1.807) is 4.68 Å². The Morgan fingerprint density at radius 2 is 2.17 bits per heavy atom. The highest BCUT2D eigenvalue weighted by Gasteiger charge is 2.19. The standard InChI is InChI=1S/C12H19N3O3/c1-4-5-6-15-9(2)10(7-13-15)12(18)14(3)8-11(16)17/h7H,4-6,8H2,1-3H3,(H,16,17). The number of aryl methyl sites for hydroxylation is 1. The molecule has 18 heavy (non-hydrogen) atoms. The van der Waals surface area contributed by atoms with E-state index in [-0.39, 0.29) is 12.5 Å². The monoisotopic (exact) mass is 253 g/mol. The van der Waals surface area contributed by atoms with Gasteiger partial charge in [0.15, 0.2) is 0 Å². The number of likely N-dealkylation sites (N-methyl/N-ethyl adjacent to an activating group) is 1. The SMILES string of the molecule is CCCCn1ncc(C(=O)N(C)CC(=O)O)c1C. The highest BCUT2D eigenvalue weighted by Crippen LogP contribution is 2.10. The Balaban J connectivity index is 2.80. The van der Waals surface area contributed by atoms with Crippen LogP contribution in [0.5, 0.6) is 0 Å². The number of aromatic nitrogens is 2. The van der Waals surface area contributed by atoms with E-state index in [9.17, 15) is 9.59 Å². The first kappa shape index (κ1) is 14.2.